The maximum Gasteiger partial charge on any atom is 0.291 e. The van der Waals surface area contributed by atoms with Crippen LogP contribution in [-0.2, 0) is 20.2 Å². The van der Waals surface area contributed by atoms with Crippen LogP contribution in [0.1, 0.15) is 12.8 Å². The Bertz CT molecular complexity index is 337. The third-order valence-electron chi connectivity index (χ3n) is 1.35. The maximum atomic E-state index is 10.2. The largest absolute Gasteiger partial charge is 0.375 e. The fraction of sp³-hybridized carbons (Fsp3) is 1.00. The van der Waals surface area contributed by atoms with E-state index >= 15 is 0 Å². The zero-order chi connectivity index (χ0) is 11.6. The second kappa shape index (κ2) is 8.77. The summed E-state index contributed by atoms with van der Waals surface area (Å²) in [6.45, 7) is 0. The van der Waals surface area contributed by atoms with Gasteiger partial charge >= 0.3 is 0 Å². The summed E-state index contributed by atoms with van der Waals surface area (Å²) in [7, 11) is -9.35. The summed E-state index contributed by atoms with van der Waals surface area (Å²) < 4.78 is 57.3. The van der Waals surface area contributed by atoms with Crippen molar-refractivity contribution < 1.29 is 36.2 Å². The van der Waals surface area contributed by atoms with E-state index in [1.165, 1.54) is 0 Å². The summed E-state index contributed by atoms with van der Waals surface area (Å²) in [6, 6.07) is 0. The van der Waals surface area contributed by atoms with Gasteiger partial charge in [0.1, 0.15) is 0 Å². The number of hydrogen-bond acceptors (Lipinski definition) is 6. The Balaban J connectivity index is -0.000000845. The van der Waals surface area contributed by atoms with Gasteiger partial charge in [0.15, 0.2) is 10.9 Å². The standard InChI is InChI=1S/C4H10O8S2.2Na/c5-3(13(7,8)9)1-2-4(6)14(10,11)12;;/h3-6H,1-2H2,(H,7,8,9)(H,10,11,12);;. The fourth-order valence-electron chi connectivity index (χ4n) is 0.583. The van der Waals surface area contributed by atoms with E-state index in [1.54, 1.807) is 0 Å². The van der Waals surface area contributed by atoms with Crippen molar-refractivity contribution in [3.63, 3.8) is 0 Å². The summed E-state index contributed by atoms with van der Waals surface area (Å²) in [5, 5.41) is 17.3. The van der Waals surface area contributed by atoms with Gasteiger partial charge in [0, 0.05) is 59.1 Å². The van der Waals surface area contributed by atoms with Crippen molar-refractivity contribution in [1.82, 2.24) is 0 Å². The predicted molar refractivity (Wildman–Crippen MR) is 55.9 cm³/mol. The van der Waals surface area contributed by atoms with Gasteiger partial charge in [-0.15, -0.1) is 0 Å². The SMILES string of the molecule is O=S(=O)(O)C(O)CCC(O)S(=O)(=O)O.[Na].[Na]. The Morgan fingerprint density at radius 3 is 1.06 bits per heavy atom. The summed E-state index contributed by atoms with van der Waals surface area (Å²) in [5.74, 6) is 0. The molecule has 12 heteroatoms. The van der Waals surface area contributed by atoms with Crippen molar-refractivity contribution in [2.24, 2.45) is 0 Å². The molecule has 0 aliphatic carbocycles. The van der Waals surface area contributed by atoms with E-state index < -0.39 is 43.9 Å². The minimum absolute atomic E-state index is 0. The molecule has 0 aromatic rings. The molecule has 0 aromatic carbocycles. The molecule has 0 fully saturated rings. The topological polar surface area (TPSA) is 149 Å². The van der Waals surface area contributed by atoms with Crippen LogP contribution >= 0.6 is 0 Å². The monoisotopic (exact) mass is 296 g/mol. The first kappa shape index (κ1) is 22.9. The molecule has 0 bridgehead atoms. The summed E-state index contributed by atoms with van der Waals surface area (Å²) in [6.07, 6.45) is -1.42. The second-order valence-electron chi connectivity index (χ2n) is 2.52. The van der Waals surface area contributed by atoms with Crippen LogP contribution in [0.4, 0.5) is 0 Å². The Kier molecular flexibility index (Phi) is 12.5. The van der Waals surface area contributed by atoms with Gasteiger partial charge < -0.3 is 10.2 Å². The molecule has 0 aliphatic rings. The van der Waals surface area contributed by atoms with Crippen molar-refractivity contribution in [2.75, 3.05) is 0 Å². The van der Waals surface area contributed by atoms with Gasteiger partial charge in [-0.3, -0.25) is 9.11 Å². The van der Waals surface area contributed by atoms with Crippen LogP contribution in [0.25, 0.3) is 0 Å². The second-order valence-corrected chi connectivity index (χ2v) is 5.66. The number of rotatable bonds is 5. The summed E-state index contributed by atoms with van der Waals surface area (Å²) in [4.78, 5) is 0. The zero-order valence-corrected chi connectivity index (χ0v) is 14.4. The van der Waals surface area contributed by atoms with E-state index in [0.29, 0.717) is 0 Å². The molecule has 8 nitrogen and oxygen atoms in total. The molecule has 0 aromatic heterocycles. The first-order valence-corrected chi connectivity index (χ1v) is 6.34. The van der Waals surface area contributed by atoms with E-state index in [4.69, 9.17) is 19.3 Å². The molecule has 0 saturated heterocycles. The zero-order valence-electron chi connectivity index (χ0n) is 8.81. The Hall–Kier alpha value is 1.74. The van der Waals surface area contributed by atoms with Crippen LogP contribution in [0, 0.1) is 0 Å². The average molecular weight is 296 g/mol. The van der Waals surface area contributed by atoms with Gasteiger partial charge in [0.25, 0.3) is 20.2 Å². The number of aliphatic hydroxyl groups excluding tert-OH is 2. The molecule has 0 heterocycles. The molecule has 2 radical (unpaired) electrons. The van der Waals surface area contributed by atoms with Crippen molar-refractivity contribution >= 4 is 79.4 Å². The first-order valence-electron chi connectivity index (χ1n) is 3.34. The molecule has 88 valence electrons. The van der Waals surface area contributed by atoms with Crippen LogP contribution in [0.2, 0.25) is 0 Å². The molecule has 0 spiro atoms. The van der Waals surface area contributed by atoms with Gasteiger partial charge in [-0.05, 0) is 12.8 Å². The van der Waals surface area contributed by atoms with Gasteiger partial charge in [0.05, 0.1) is 0 Å². The molecule has 0 amide bonds. The summed E-state index contributed by atoms with van der Waals surface area (Å²) >= 11 is 0. The van der Waals surface area contributed by atoms with Gasteiger partial charge in [-0.2, -0.15) is 16.8 Å². The fourth-order valence-corrected chi connectivity index (χ4v) is 1.45. The van der Waals surface area contributed by atoms with E-state index in [-0.39, 0.29) is 59.1 Å². The normalized spacial score (nSPS) is 15.5. The van der Waals surface area contributed by atoms with Crippen LogP contribution in [0.3, 0.4) is 0 Å². The van der Waals surface area contributed by atoms with E-state index in [2.05, 4.69) is 0 Å². The molecule has 0 aliphatic heterocycles. The minimum Gasteiger partial charge on any atom is -0.375 e. The Labute approximate surface area is 138 Å². The van der Waals surface area contributed by atoms with E-state index in [1.807, 2.05) is 0 Å². The van der Waals surface area contributed by atoms with Crippen molar-refractivity contribution in [2.45, 2.75) is 23.7 Å². The Morgan fingerprint density at radius 1 is 0.750 bits per heavy atom. The summed E-state index contributed by atoms with van der Waals surface area (Å²) in [5.41, 5.74) is -4.36. The molecule has 2 atom stereocenters. The van der Waals surface area contributed by atoms with Gasteiger partial charge in [-0.1, -0.05) is 0 Å². The maximum absolute atomic E-state index is 10.2. The van der Waals surface area contributed by atoms with Gasteiger partial charge in [0.2, 0.25) is 0 Å². The molecular formula is C4H10Na2O8S2. The van der Waals surface area contributed by atoms with Crippen LogP contribution in [0.5, 0.6) is 0 Å². The molecule has 0 rings (SSSR count). The number of aliphatic hydroxyl groups is 2. The van der Waals surface area contributed by atoms with Crippen LogP contribution in [0.15, 0.2) is 0 Å². The van der Waals surface area contributed by atoms with Crippen LogP contribution < -0.4 is 0 Å². The first-order chi connectivity index (χ1) is 6.05. The van der Waals surface area contributed by atoms with E-state index in [0.717, 1.165) is 0 Å². The van der Waals surface area contributed by atoms with Gasteiger partial charge in [-0.25, -0.2) is 0 Å². The molecule has 4 N–H and O–H groups in total. The van der Waals surface area contributed by atoms with E-state index in [9.17, 15) is 16.8 Å². The Morgan fingerprint density at radius 2 is 0.938 bits per heavy atom. The van der Waals surface area contributed by atoms with Crippen molar-refractivity contribution in [3.05, 3.63) is 0 Å². The quantitative estimate of drug-likeness (QED) is 0.319. The third kappa shape index (κ3) is 9.74. The average Bonchev–Trinajstić information content (AvgIpc) is 1.95. The molecular weight excluding hydrogens is 286 g/mol. The number of hydrogen-bond donors (Lipinski definition) is 4. The molecule has 2 unspecified atom stereocenters. The molecule has 16 heavy (non-hydrogen) atoms. The van der Waals surface area contributed by atoms with Crippen molar-refractivity contribution in [3.8, 4) is 0 Å². The predicted octanol–water partition coefficient (Wildman–Crippen LogP) is -2.58. The smallest absolute Gasteiger partial charge is 0.291 e. The van der Waals surface area contributed by atoms with Crippen molar-refractivity contribution in [1.29, 1.82) is 0 Å². The minimum atomic E-state index is -4.68. The molecule has 0 saturated carbocycles. The third-order valence-corrected chi connectivity index (χ3v) is 3.19. The van der Waals surface area contributed by atoms with Crippen LogP contribution in [-0.4, -0.2) is 106 Å².